The lowest BCUT2D eigenvalue weighted by Gasteiger charge is -2.23. The molecule has 0 N–H and O–H groups in total. The molecule has 0 spiro atoms. The summed E-state index contributed by atoms with van der Waals surface area (Å²) >= 11 is 6.25. The van der Waals surface area contributed by atoms with E-state index in [9.17, 15) is 4.79 Å². The molecule has 5 heteroatoms. The van der Waals surface area contributed by atoms with E-state index in [2.05, 4.69) is 23.8 Å². The normalized spacial score (nSPS) is 15.5. The third-order valence-corrected chi connectivity index (χ3v) is 3.62. The van der Waals surface area contributed by atoms with Gasteiger partial charge in [-0.2, -0.15) is 5.10 Å². The molecule has 1 aromatic heterocycles. The van der Waals surface area contributed by atoms with Crippen molar-refractivity contribution in [3.05, 3.63) is 16.4 Å². The van der Waals surface area contributed by atoms with Crippen LogP contribution in [0.3, 0.4) is 0 Å². The topological polar surface area (TPSA) is 38.1 Å². The van der Waals surface area contributed by atoms with Crippen LogP contribution in [0.15, 0.2) is 0 Å². The molecule has 0 unspecified atom stereocenters. The first-order valence-electron chi connectivity index (χ1n) is 7.01. The highest BCUT2D eigenvalue weighted by Crippen LogP contribution is 2.25. The standard InChI is InChI=1S/C12H18ClN3O.C2H6/c1-8(2)15-5-4-6-16-10(7-15)11(13)12(14-16)9(3)17;1-2/h8H,4-7H2,1-3H3;1-2H3. The Balaban J connectivity index is 0.000000861. The number of ketones is 1. The lowest BCUT2D eigenvalue weighted by Crippen LogP contribution is -2.30. The van der Waals surface area contributed by atoms with Crippen LogP contribution in [0.4, 0.5) is 0 Å². The highest BCUT2D eigenvalue weighted by atomic mass is 35.5. The van der Waals surface area contributed by atoms with Crippen molar-refractivity contribution in [1.82, 2.24) is 14.7 Å². The van der Waals surface area contributed by atoms with Crippen molar-refractivity contribution in [3.63, 3.8) is 0 Å². The predicted octanol–water partition coefficient (Wildman–Crippen LogP) is 3.38. The fraction of sp³-hybridized carbons (Fsp3) is 0.714. The summed E-state index contributed by atoms with van der Waals surface area (Å²) in [5, 5.41) is 4.84. The summed E-state index contributed by atoms with van der Waals surface area (Å²) in [7, 11) is 0. The molecule has 0 atom stereocenters. The Labute approximate surface area is 120 Å². The van der Waals surface area contributed by atoms with Crippen LogP contribution in [-0.2, 0) is 13.1 Å². The minimum atomic E-state index is -0.0633. The smallest absolute Gasteiger partial charge is 0.181 e. The molecule has 0 fully saturated rings. The fourth-order valence-corrected chi connectivity index (χ4v) is 2.50. The van der Waals surface area contributed by atoms with Crippen molar-refractivity contribution >= 4 is 17.4 Å². The molecular formula is C14H24ClN3O. The summed E-state index contributed by atoms with van der Waals surface area (Å²) in [4.78, 5) is 13.8. The Kier molecular flexibility index (Phi) is 6.01. The van der Waals surface area contributed by atoms with E-state index in [1.54, 1.807) is 0 Å². The second kappa shape index (κ2) is 7.06. The predicted molar refractivity (Wildman–Crippen MR) is 78.8 cm³/mol. The van der Waals surface area contributed by atoms with E-state index in [1.165, 1.54) is 6.92 Å². The van der Waals surface area contributed by atoms with E-state index >= 15 is 0 Å². The summed E-state index contributed by atoms with van der Waals surface area (Å²) in [6.07, 6.45) is 1.04. The number of fused-ring (bicyclic) bond motifs is 1. The second-order valence-electron chi connectivity index (χ2n) is 4.81. The number of aromatic nitrogens is 2. The van der Waals surface area contributed by atoms with Crippen LogP contribution in [0.1, 0.15) is 57.2 Å². The van der Waals surface area contributed by atoms with Gasteiger partial charge in [0.1, 0.15) is 5.69 Å². The van der Waals surface area contributed by atoms with Crippen molar-refractivity contribution in [1.29, 1.82) is 0 Å². The van der Waals surface area contributed by atoms with E-state index in [0.717, 1.165) is 31.7 Å². The average Bonchev–Trinajstić information content (AvgIpc) is 2.58. The van der Waals surface area contributed by atoms with Gasteiger partial charge in [0.2, 0.25) is 0 Å². The Bertz CT molecular complexity index is 440. The number of rotatable bonds is 2. The summed E-state index contributed by atoms with van der Waals surface area (Å²) < 4.78 is 1.89. The van der Waals surface area contributed by atoms with Gasteiger partial charge in [0.05, 0.1) is 10.7 Å². The van der Waals surface area contributed by atoms with E-state index in [-0.39, 0.29) is 5.78 Å². The molecule has 1 aromatic rings. The minimum absolute atomic E-state index is 0.0633. The summed E-state index contributed by atoms with van der Waals surface area (Å²) in [6, 6.07) is 0.480. The highest BCUT2D eigenvalue weighted by molar-refractivity contribution is 6.34. The van der Waals surface area contributed by atoms with Gasteiger partial charge in [0.15, 0.2) is 5.78 Å². The molecule has 2 heterocycles. The molecule has 0 bridgehead atoms. The zero-order valence-corrected chi connectivity index (χ0v) is 13.3. The van der Waals surface area contributed by atoms with Gasteiger partial charge in [-0.05, 0) is 20.3 Å². The third kappa shape index (κ3) is 3.57. The van der Waals surface area contributed by atoms with Crippen LogP contribution in [0, 0.1) is 0 Å². The maximum Gasteiger partial charge on any atom is 0.181 e. The lowest BCUT2D eigenvalue weighted by molar-refractivity contribution is 0.101. The maximum atomic E-state index is 11.4. The Hall–Kier alpha value is -0.870. The first-order chi connectivity index (χ1) is 9.00. The van der Waals surface area contributed by atoms with Crippen molar-refractivity contribution in [3.8, 4) is 0 Å². The molecule has 1 aliphatic rings. The third-order valence-electron chi connectivity index (χ3n) is 3.23. The Morgan fingerprint density at radius 1 is 1.32 bits per heavy atom. The minimum Gasteiger partial charge on any atom is -0.295 e. The van der Waals surface area contributed by atoms with E-state index in [4.69, 9.17) is 11.6 Å². The van der Waals surface area contributed by atoms with Gasteiger partial charge in [-0.1, -0.05) is 25.4 Å². The molecule has 0 radical (unpaired) electrons. The quantitative estimate of drug-likeness (QED) is 0.782. The molecule has 19 heavy (non-hydrogen) atoms. The molecule has 0 aliphatic carbocycles. The van der Waals surface area contributed by atoms with Crippen LogP contribution in [0.5, 0.6) is 0 Å². The highest BCUT2D eigenvalue weighted by Gasteiger charge is 2.24. The van der Waals surface area contributed by atoms with Gasteiger partial charge < -0.3 is 0 Å². The van der Waals surface area contributed by atoms with E-state index in [1.807, 2.05) is 18.5 Å². The molecular weight excluding hydrogens is 262 g/mol. The van der Waals surface area contributed by atoms with Crippen LogP contribution < -0.4 is 0 Å². The number of carbonyl (C=O) groups is 1. The molecule has 1 aliphatic heterocycles. The van der Waals surface area contributed by atoms with Gasteiger partial charge in [-0.3, -0.25) is 14.4 Å². The molecule has 0 saturated carbocycles. The van der Waals surface area contributed by atoms with Gasteiger partial charge in [0.25, 0.3) is 0 Å². The number of aryl methyl sites for hydroxylation is 1. The second-order valence-corrected chi connectivity index (χ2v) is 5.18. The Morgan fingerprint density at radius 3 is 2.47 bits per heavy atom. The largest absolute Gasteiger partial charge is 0.295 e. The monoisotopic (exact) mass is 285 g/mol. The maximum absolute atomic E-state index is 11.4. The Morgan fingerprint density at radius 2 is 1.95 bits per heavy atom. The van der Waals surface area contributed by atoms with Crippen molar-refractivity contribution in [2.24, 2.45) is 0 Å². The number of Topliss-reactive ketones (excluding diaryl/α,β-unsaturated/α-hetero) is 1. The first kappa shape index (κ1) is 16.2. The van der Waals surface area contributed by atoms with Crippen molar-refractivity contribution in [2.75, 3.05) is 6.54 Å². The molecule has 2 rings (SSSR count). The average molecular weight is 286 g/mol. The van der Waals surface area contributed by atoms with Gasteiger partial charge in [-0.25, -0.2) is 0 Å². The van der Waals surface area contributed by atoms with E-state index in [0.29, 0.717) is 16.8 Å². The molecule has 0 saturated heterocycles. The SMILES string of the molecule is CC.CC(=O)c1nn2c(c1Cl)CN(C(C)C)CCC2. The van der Waals surface area contributed by atoms with Crippen LogP contribution in [0.2, 0.25) is 5.02 Å². The van der Waals surface area contributed by atoms with Gasteiger partial charge in [-0.15, -0.1) is 0 Å². The van der Waals surface area contributed by atoms with Gasteiger partial charge in [0, 0.05) is 32.6 Å². The molecule has 108 valence electrons. The number of hydrogen-bond acceptors (Lipinski definition) is 3. The summed E-state index contributed by atoms with van der Waals surface area (Å²) in [6.45, 7) is 12.5. The summed E-state index contributed by atoms with van der Waals surface area (Å²) in [5.41, 5.74) is 1.38. The molecule has 0 aromatic carbocycles. The number of carbonyl (C=O) groups excluding carboxylic acids is 1. The molecule has 4 nitrogen and oxygen atoms in total. The zero-order valence-electron chi connectivity index (χ0n) is 12.5. The van der Waals surface area contributed by atoms with Crippen LogP contribution in [-0.4, -0.2) is 33.1 Å². The van der Waals surface area contributed by atoms with Gasteiger partial charge >= 0.3 is 0 Å². The number of hydrogen-bond donors (Lipinski definition) is 0. The van der Waals surface area contributed by atoms with Crippen LogP contribution in [0.25, 0.3) is 0 Å². The number of halogens is 1. The summed E-state index contributed by atoms with van der Waals surface area (Å²) in [5.74, 6) is -0.0633. The van der Waals surface area contributed by atoms with Crippen LogP contribution >= 0.6 is 11.6 Å². The molecule has 0 amide bonds. The first-order valence-corrected chi connectivity index (χ1v) is 7.38. The number of nitrogens with zero attached hydrogens (tertiary/aromatic N) is 3. The fourth-order valence-electron chi connectivity index (χ4n) is 2.17. The zero-order chi connectivity index (χ0) is 14.6. The van der Waals surface area contributed by atoms with E-state index < -0.39 is 0 Å². The van der Waals surface area contributed by atoms with Crippen molar-refractivity contribution < 1.29 is 4.79 Å². The lowest BCUT2D eigenvalue weighted by atomic mass is 10.2. The van der Waals surface area contributed by atoms with Crippen molar-refractivity contribution in [2.45, 2.75) is 60.2 Å².